The smallest absolute Gasteiger partial charge is 0.338 e. The fourth-order valence-corrected chi connectivity index (χ4v) is 4.97. The number of nitrogens with zero attached hydrogens (tertiary/aromatic N) is 1. The number of hydrogen-bond donors (Lipinski definition) is 2. The summed E-state index contributed by atoms with van der Waals surface area (Å²) in [6, 6.07) is 11.6. The number of cyclic esters (lactones) is 1. The molecule has 2 aliphatic heterocycles. The number of benzene rings is 2. The Morgan fingerprint density at radius 2 is 2.06 bits per heavy atom. The largest absolute Gasteiger partial charge is 0.457 e. The van der Waals surface area contributed by atoms with Crippen LogP contribution in [-0.2, 0) is 22.6 Å². The van der Waals surface area contributed by atoms with Crippen molar-refractivity contribution in [2.45, 2.75) is 50.4 Å². The number of nitriles is 1. The van der Waals surface area contributed by atoms with Gasteiger partial charge in [-0.1, -0.05) is 18.2 Å². The zero-order valence-corrected chi connectivity index (χ0v) is 16.9. The number of carbonyl (C=O) groups is 2. The van der Waals surface area contributed by atoms with E-state index >= 15 is 0 Å². The van der Waals surface area contributed by atoms with Crippen LogP contribution in [0.15, 0.2) is 36.4 Å². The molecule has 2 aromatic rings. The molecule has 0 spiro atoms. The molecule has 2 aromatic carbocycles. The Kier molecular flexibility index (Phi) is 4.95. The predicted octanol–water partition coefficient (Wildman–Crippen LogP) is 2.85. The van der Waals surface area contributed by atoms with Crippen molar-refractivity contribution in [3.8, 4) is 17.2 Å². The third kappa shape index (κ3) is 3.68. The molecule has 7 heteroatoms. The van der Waals surface area contributed by atoms with Crippen molar-refractivity contribution in [3.63, 3.8) is 0 Å². The van der Waals surface area contributed by atoms with Crippen molar-refractivity contribution >= 4 is 11.9 Å². The highest BCUT2D eigenvalue weighted by molar-refractivity contribution is 5.94. The zero-order chi connectivity index (χ0) is 21.5. The second-order valence-electron chi connectivity index (χ2n) is 8.56. The van der Waals surface area contributed by atoms with Crippen LogP contribution in [0.25, 0.3) is 11.1 Å². The van der Waals surface area contributed by atoms with Gasteiger partial charge in [-0.25, -0.2) is 9.18 Å². The number of amides is 1. The Morgan fingerprint density at radius 1 is 1.26 bits per heavy atom. The SMILES string of the molecule is N#CC(Cc1ccc(-c2ccc3c(c2)COC3=O)cc1F)NC(=O)[C@H]1N[C@H]2CC[C@H]1C2. The fourth-order valence-electron chi connectivity index (χ4n) is 4.97. The first-order chi connectivity index (χ1) is 15.0. The highest BCUT2D eigenvalue weighted by Crippen LogP contribution is 2.35. The van der Waals surface area contributed by atoms with Crippen molar-refractivity contribution in [1.82, 2.24) is 10.6 Å². The summed E-state index contributed by atoms with van der Waals surface area (Å²) in [6.07, 6.45) is 3.24. The third-order valence-corrected chi connectivity index (χ3v) is 6.61. The van der Waals surface area contributed by atoms with Crippen LogP contribution >= 0.6 is 0 Å². The molecule has 1 saturated heterocycles. The minimum atomic E-state index is -0.795. The molecule has 6 nitrogen and oxygen atoms in total. The van der Waals surface area contributed by atoms with Crippen LogP contribution in [0.4, 0.5) is 4.39 Å². The first-order valence-electron chi connectivity index (χ1n) is 10.6. The Labute approximate surface area is 179 Å². The molecule has 3 aliphatic rings. The van der Waals surface area contributed by atoms with Gasteiger partial charge in [0.1, 0.15) is 18.5 Å². The lowest BCUT2D eigenvalue weighted by molar-refractivity contribution is -0.124. The minimum absolute atomic E-state index is 0.0989. The van der Waals surface area contributed by atoms with E-state index in [-0.39, 0.29) is 30.9 Å². The van der Waals surface area contributed by atoms with Crippen molar-refractivity contribution in [3.05, 3.63) is 58.9 Å². The molecule has 0 aromatic heterocycles. The fraction of sp³-hybridized carbons (Fsp3) is 0.375. The Hall–Kier alpha value is -3.24. The van der Waals surface area contributed by atoms with Gasteiger partial charge in [-0.3, -0.25) is 4.79 Å². The number of rotatable bonds is 5. The maximum absolute atomic E-state index is 14.8. The summed E-state index contributed by atoms with van der Waals surface area (Å²) in [4.78, 5) is 24.2. The van der Waals surface area contributed by atoms with Gasteiger partial charge in [-0.2, -0.15) is 5.26 Å². The number of ether oxygens (including phenoxy) is 1. The minimum Gasteiger partial charge on any atom is -0.457 e. The molecule has 5 rings (SSSR count). The van der Waals surface area contributed by atoms with Crippen LogP contribution in [-0.4, -0.2) is 30.0 Å². The number of esters is 1. The molecule has 2 fully saturated rings. The standard InChI is InChI=1S/C24H22FN3O3/c25-21-10-14(13-4-6-20-17(7-13)12-31-24(20)30)1-2-15(21)8-19(11-26)28-23(29)22-16-3-5-18(9-16)27-22/h1-2,4,6-7,10,16,18-19,22,27H,3,5,8-9,12H2,(H,28,29)/t16-,18-,19?,22-/m0/s1. The van der Waals surface area contributed by atoms with E-state index < -0.39 is 11.9 Å². The van der Waals surface area contributed by atoms with E-state index in [2.05, 4.69) is 16.7 Å². The lowest BCUT2D eigenvalue weighted by atomic mass is 9.97. The van der Waals surface area contributed by atoms with Gasteiger partial charge in [0.25, 0.3) is 0 Å². The normalized spacial score (nSPS) is 24.4. The van der Waals surface area contributed by atoms with Gasteiger partial charge in [0.15, 0.2) is 0 Å². The molecule has 1 aliphatic carbocycles. The van der Waals surface area contributed by atoms with E-state index in [1.54, 1.807) is 24.3 Å². The summed E-state index contributed by atoms with van der Waals surface area (Å²) in [5.74, 6) is -0.620. The summed E-state index contributed by atoms with van der Waals surface area (Å²) < 4.78 is 19.8. The van der Waals surface area contributed by atoms with Gasteiger partial charge >= 0.3 is 5.97 Å². The molecule has 4 atom stereocenters. The van der Waals surface area contributed by atoms with Gasteiger partial charge < -0.3 is 15.4 Å². The van der Waals surface area contributed by atoms with Gasteiger partial charge in [-0.05, 0) is 60.1 Å². The average molecular weight is 419 g/mol. The maximum atomic E-state index is 14.8. The van der Waals surface area contributed by atoms with Crippen molar-refractivity contribution < 1.29 is 18.7 Å². The summed E-state index contributed by atoms with van der Waals surface area (Å²) in [7, 11) is 0. The molecule has 1 amide bonds. The number of hydrogen-bond acceptors (Lipinski definition) is 5. The second-order valence-corrected chi connectivity index (χ2v) is 8.56. The number of nitrogens with one attached hydrogen (secondary N) is 2. The van der Waals surface area contributed by atoms with E-state index in [1.165, 1.54) is 6.07 Å². The van der Waals surface area contributed by atoms with E-state index in [4.69, 9.17) is 4.74 Å². The number of carbonyl (C=O) groups excluding carboxylic acids is 2. The topological polar surface area (TPSA) is 91.2 Å². The number of piperidine rings is 1. The summed E-state index contributed by atoms with van der Waals surface area (Å²) in [5, 5.41) is 15.6. The Bertz CT molecular complexity index is 1110. The molecule has 1 saturated carbocycles. The van der Waals surface area contributed by atoms with Gasteiger partial charge in [0, 0.05) is 18.0 Å². The van der Waals surface area contributed by atoms with Crippen LogP contribution in [0.1, 0.15) is 40.7 Å². The van der Waals surface area contributed by atoms with E-state index in [9.17, 15) is 19.2 Å². The summed E-state index contributed by atoms with van der Waals surface area (Å²) in [5.41, 5.74) is 3.16. The molecule has 2 N–H and O–H groups in total. The lowest BCUT2D eigenvalue weighted by Crippen LogP contribution is -2.50. The molecule has 158 valence electrons. The van der Waals surface area contributed by atoms with E-state index in [1.807, 2.05) is 6.07 Å². The monoisotopic (exact) mass is 419 g/mol. The third-order valence-electron chi connectivity index (χ3n) is 6.61. The van der Waals surface area contributed by atoms with Gasteiger partial charge in [0.2, 0.25) is 5.91 Å². The van der Waals surface area contributed by atoms with E-state index in [0.717, 1.165) is 30.4 Å². The van der Waals surface area contributed by atoms with Crippen LogP contribution in [0.2, 0.25) is 0 Å². The molecule has 2 heterocycles. The maximum Gasteiger partial charge on any atom is 0.338 e. The molecule has 2 bridgehead atoms. The first-order valence-corrected chi connectivity index (χ1v) is 10.6. The highest BCUT2D eigenvalue weighted by atomic mass is 19.1. The predicted molar refractivity (Wildman–Crippen MR) is 110 cm³/mol. The Balaban J connectivity index is 1.28. The van der Waals surface area contributed by atoms with Crippen LogP contribution in [0, 0.1) is 23.1 Å². The first kappa shape index (κ1) is 19.7. The highest BCUT2D eigenvalue weighted by Gasteiger charge is 2.43. The van der Waals surface area contributed by atoms with Crippen molar-refractivity contribution in [2.24, 2.45) is 5.92 Å². The zero-order valence-electron chi connectivity index (χ0n) is 16.9. The number of halogens is 1. The second kappa shape index (κ2) is 7.78. The molecular weight excluding hydrogens is 397 g/mol. The quantitative estimate of drug-likeness (QED) is 0.728. The molecular formula is C24H22FN3O3. The van der Waals surface area contributed by atoms with Crippen molar-refractivity contribution in [2.75, 3.05) is 0 Å². The van der Waals surface area contributed by atoms with Crippen LogP contribution in [0.3, 0.4) is 0 Å². The summed E-state index contributed by atoms with van der Waals surface area (Å²) in [6.45, 7) is 0.226. The average Bonchev–Trinajstić information content (AvgIpc) is 3.50. The van der Waals surface area contributed by atoms with Crippen LogP contribution < -0.4 is 10.6 Å². The Morgan fingerprint density at radius 3 is 2.77 bits per heavy atom. The summed E-state index contributed by atoms with van der Waals surface area (Å²) >= 11 is 0. The molecule has 0 radical (unpaired) electrons. The van der Waals surface area contributed by atoms with Gasteiger partial charge in [-0.15, -0.1) is 0 Å². The molecule has 31 heavy (non-hydrogen) atoms. The molecule has 1 unspecified atom stereocenters. The van der Waals surface area contributed by atoms with Crippen molar-refractivity contribution in [1.29, 1.82) is 5.26 Å². The lowest BCUT2D eigenvalue weighted by Gasteiger charge is -2.23. The van der Waals surface area contributed by atoms with Gasteiger partial charge in [0.05, 0.1) is 17.7 Å². The van der Waals surface area contributed by atoms with E-state index in [0.29, 0.717) is 28.7 Å². The van der Waals surface area contributed by atoms with Crippen LogP contribution in [0.5, 0.6) is 0 Å². The number of fused-ring (bicyclic) bond motifs is 3.